The van der Waals surface area contributed by atoms with Gasteiger partial charge in [0.05, 0.1) is 17.5 Å². The molecule has 0 atom stereocenters. The molecule has 0 aromatic carbocycles. The number of aromatic nitrogens is 5. The van der Waals surface area contributed by atoms with E-state index in [4.69, 9.17) is 10.5 Å². The molecule has 0 fully saturated rings. The van der Waals surface area contributed by atoms with Crippen LogP contribution in [0, 0.1) is 12.8 Å². The van der Waals surface area contributed by atoms with Crippen LogP contribution in [-0.4, -0.2) is 50.5 Å². The van der Waals surface area contributed by atoms with Crippen LogP contribution < -0.4 is 21.9 Å². The van der Waals surface area contributed by atoms with Gasteiger partial charge in [-0.05, 0) is 39.2 Å². The number of nitrogens with one attached hydrogen (secondary N) is 1. The zero-order valence-electron chi connectivity index (χ0n) is 20.6. The highest BCUT2D eigenvalue weighted by Gasteiger charge is 2.27. The summed E-state index contributed by atoms with van der Waals surface area (Å²) in [6.07, 6.45) is 2.13. The normalized spacial score (nSPS) is 11.6. The predicted molar refractivity (Wildman–Crippen MR) is 131 cm³/mol. The summed E-state index contributed by atoms with van der Waals surface area (Å²) in [5, 5.41) is 5.09. The molecule has 0 aliphatic heterocycles. The van der Waals surface area contributed by atoms with Gasteiger partial charge >= 0.3 is 5.69 Å². The van der Waals surface area contributed by atoms with Crippen LogP contribution in [0.15, 0.2) is 21.9 Å². The van der Waals surface area contributed by atoms with Crippen LogP contribution in [0.3, 0.4) is 0 Å². The minimum atomic E-state index is -0.715. The van der Waals surface area contributed by atoms with Gasteiger partial charge in [0.15, 0.2) is 11.3 Å². The minimum absolute atomic E-state index is 0.0486. The number of nitrogens with zero attached hydrogens (tertiary/aromatic N) is 5. The van der Waals surface area contributed by atoms with Gasteiger partial charge in [0, 0.05) is 38.2 Å². The van der Waals surface area contributed by atoms with Crippen LogP contribution in [0.2, 0.25) is 0 Å². The molecule has 3 aromatic heterocycles. The highest BCUT2D eigenvalue weighted by molar-refractivity contribution is 6.09. The van der Waals surface area contributed by atoms with Crippen molar-refractivity contribution < 1.29 is 9.53 Å². The maximum absolute atomic E-state index is 13.8. The molecule has 11 nitrogen and oxygen atoms in total. The Labute approximate surface area is 197 Å². The molecule has 3 N–H and O–H groups in total. The number of rotatable bonds is 9. The molecule has 3 aromatic rings. The monoisotopic (exact) mass is 471 g/mol. The number of ether oxygens (including phenoxy) is 1. The van der Waals surface area contributed by atoms with Gasteiger partial charge in [-0.1, -0.05) is 13.8 Å². The lowest BCUT2D eigenvalue weighted by atomic mass is 10.1. The maximum atomic E-state index is 13.8. The standard InChI is InChI=1S/C23H33N7O4/c1-13(2)12-29-19(24)18(21(31)27-23(29)33)28(8-7-9-34-6)22(32)17-10-16-11-25-30(14(3)4)20(16)26-15(17)5/h10-11,13-14H,7-9,12,24H2,1-6H3,(H,27,31,33). The highest BCUT2D eigenvalue weighted by Crippen LogP contribution is 2.24. The zero-order chi connectivity index (χ0) is 25.2. The first-order valence-corrected chi connectivity index (χ1v) is 11.3. The molecule has 0 aliphatic rings. The number of nitrogens with two attached hydrogens (primary N) is 1. The number of pyridine rings is 1. The van der Waals surface area contributed by atoms with Gasteiger partial charge in [0.2, 0.25) is 0 Å². The fraction of sp³-hybridized carbons (Fsp3) is 0.522. The Balaban J connectivity index is 2.16. The Bertz CT molecular complexity index is 1300. The second-order valence-corrected chi connectivity index (χ2v) is 9.02. The molecule has 34 heavy (non-hydrogen) atoms. The van der Waals surface area contributed by atoms with Crippen molar-refractivity contribution >= 4 is 28.4 Å². The smallest absolute Gasteiger partial charge is 0.330 e. The van der Waals surface area contributed by atoms with Crippen molar-refractivity contribution in [2.24, 2.45) is 5.92 Å². The van der Waals surface area contributed by atoms with Crippen LogP contribution in [0.5, 0.6) is 0 Å². The van der Waals surface area contributed by atoms with E-state index in [0.29, 0.717) is 41.9 Å². The van der Waals surface area contributed by atoms with Crippen LogP contribution >= 0.6 is 0 Å². The summed E-state index contributed by atoms with van der Waals surface area (Å²) in [6.45, 7) is 10.5. The summed E-state index contributed by atoms with van der Waals surface area (Å²) in [4.78, 5) is 47.3. The van der Waals surface area contributed by atoms with E-state index >= 15 is 0 Å². The number of H-pyrrole nitrogens is 1. The lowest BCUT2D eigenvalue weighted by Crippen LogP contribution is -2.42. The van der Waals surface area contributed by atoms with Crippen LogP contribution in [0.25, 0.3) is 11.0 Å². The number of amides is 1. The average Bonchev–Trinajstić information content (AvgIpc) is 3.17. The lowest BCUT2D eigenvalue weighted by Gasteiger charge is -2.25. The molecule has 0 aliphatic carbocycles. The number of anilines is 2. The number of hydrogen-bond acceptors (Lipinski definition) is 7. The van der Waals surface area contributed by atoms with Gasteiger partial charge in [0.1, 0.15) is 5.82 Å². The molecule has 0 saturated heterocycles. The van der Waals surface area contributed by atoms with Crippen molar-refractivity contribution in [3.05, 3.63) is 44.4 Å². The Morgan fingerprint density at radius 3 is 2.59 bits per heavy atom. The number of carbonyl (C=O) groups excluding carboxylic acids is 1. The van der Waals surface area contributed by atoms with Crippen LogP contribution in [0.4, 0.5) is 11.5 Å². The summed E-state index contributed by atoms with van der Waals surface area (Å²) in [7, 11) is 1.56. The summed E-state index contributed by atoms with van der Waals surface area (Å²) in [5.41, 5.74) is 6.44. The number of methoxy groups -OCH3 is 1. The minimum Gasteiger partial charge on any atom is -0.385 e. The Kier molecular flexibility index (Phi) is 7.55. The van der Waals surface area contributed by atoms with Gasteiger partial charge in [-0.2, -0.15) is 5.10 Å². The summed E-state index contributed by atoms with van der Waals surface area (Å²) >= 11 is 0. The van der Waals surface area contributed by atoms with E-state index in [1.54, 1.807) is 31.0 Å². The number of aromatic amines is 1. The molecule has 0 spiro atoms. The first-order chi connectivity index (χ1) is 16.1. The average molecular weight is 472 g/mol. The van der Waals surface area contributed by atoms with Gasteiger partial charge in [-0.15, -0.1) is 0 Å². The molecule has 0 bridgehead atoms. The molecule has 0 unspecified atom stereocenters. The molecule has 3 rings (SSSR count). The number of hydrogen-bond donors (Lipinski definition) is 2. The van der Waals surface area contributed by atoms with E-state index in [0.717, 1.165) is 0 Å². The summed E-state index contributed by atoms with van der Waals surface area (Å²) < 4.78 is 8.22. The van der Waals surface area contributed by atoms with E-state index in [1.807, 2.05) is 27.7 Å². The van der Waals surface area contributed by atoms with E-state index < -0.39 is 17.2 Å². The molecule has 184 valence electrons. The summed E-state index contributed by atoms with van der Waals surface area (Å²) in [5.74, 6) is -0.387. The molecular formula is C23H33N7O4. The molecule has 1 amide bonds. The van der Waals surface area contributed by atoms with Gasteiger partial charge in [0.25, 0.3) is 11.5 Å². The Morgan fingerprint density at radius 1 is 1.26 bits per heavy atom. The van der Waals surface area contributed by atoms with E-state index in [1.165, 1.54) is 9.47 Å². The number of fused-ring (bicyclic) bond motifs is 1. The second-order valence-electron chi connectivity index (χ2n) is 9.02. The summed E-state index contributed by atoms with van der Waals surface area (Å²) in [6, 6.07) is 1.83. The van der Waals surface area contributed by atoms with Gasteiger partial charge < -0.3 is 15.4 Å². The Hall–Kier alpha value is -3.47. The van der Waals surface area contributed by atoms with Crippen LogP contribution in [-0.2, 0) is 11.3 Å². The molecular weight excluding hydrogens is 438 g/mol. The molecule has 3 heterocycles. The highest BCUT2D eigenvalue weighted by atomic mass is 16.5. The third kappa shape index (κ3) is 4.89. The zero-order valence-corrected chi connectivity index (χ0v) is 20.6. The van der Waals surface area contributed by atoms with Gasteiger partial charge in [-0.25, -0.2) is 14.5 Å². The molecule has 0 radical (unpaired) electrons. The topological polar surface area (TPSA) is 141 Å². The fourth-order valence-corrected chi connectivity index (χ4v) is 3.87. The van der Waals surface area contributed by atoms with Crippen molar-refractivity contribution in [1.82, 2.24) is 24.3 Å². The maximum Gasteiger partial charge on any atom is 0.330 e. The largest absolute Gasteiger partial charge is 0.385 e. The van der Waals surface area contributed by atoms with E-state index in [2.05, 4.69) is 15.1 Å². The van der Waals surface area contributed by atoms with Crippen molar-refractivity contribution in [2.45, 2.75) is 53.6 Å². The third-order valence-electron chi connectivity index (χ3n) is 5.49. The van der Waals surface area contributed by atoms with Crippen molar-refractivity contribution in [3.8, 4) is 0 Å². The number of carbonyl (C=O) groups is 1. The number of aryl methyl sites for hydroxylation is 1. The first kappa shape index (κ1) is 25.2. The second kappa shape index (κ2) is 10.2. The Morgan fingerprint density at radius 2 is 1.97 bits per heavy atom. The third-order valence-corrected chi connectivity index (χ3v) is 5.49. The quantitative estimate of drug-likeness (QED) is 0.455. The predicted octanol–water partition coefficient (Wildman–Crippen LogP) is 2.09. The molecule has 0 saturated carbocycles. The SMILES string of the molecule is COCCCN(C(=O)c1cc2cnn(C(C)C)c2nc1C)c1c(N)n(CC(C)C)c(=O)[nH]c1=O. The lowest BCUT2D eigenvalue weighted by molar-refractivity contribution is 0.0982. The van der Waals surface area contributed by atoms with Crippen molar-refractivity contribution in [1.29, 1.82) is 0 Å². The molecule has 11 heteroatoms. The van der Waals surface area contributed by atoms with E-state index in [-0.39, 0.29) is 30.0 Å². The van der Waals surface area contributed by atoms with Crippen LogP contribution in [0.1, 0.15) is 56.2 Å². The fourth-order valence-electron chi connectivity index (χ4n) is 3.87. The first-order valence-electron chi connectivity index (χ1n) is 11.3. The number of nitrogen functional groups attached to an aromatic ring is 1. The van der Waals surface area contributed by atoms with E-state index in [9.17, 15) is 14.4 Å². The van der Waals surface area contributed by atoms with Crippen molar-refractivity contribution in [3.63, 3.8) is 0 Å². The van der Waals surface area contributed by atoms with Gasteiger partial charge in [-0.3, -0.25) is 19.1 Å². The van der Waals surface area contributed by atoms with Crippen molar-refractivity contribution in [2.75, 3.05) is 30.9 Å².